The van der Waals surface area contributed by atoms with Crippen molar-refractivity contribution in [3.63, 3.8) is 0 Å². The molecule has 0 aliphatic heterocycles. The van der Waals surface area contributed by atoms with E-state index in [0.717, 1.165) is 31.2 Å². The molecule has 0 bridgehead atoms. The molecule has 0 radical (unpaired) electrons. The minimum absolute atomic E-state index is 0. The third-order valence-electron chi connectivity index (χ3n) is 4.45. The Morgan fingerprint density at radius 3 is 2.48 bits per heavy atom. The van der Waals surface area contributed by atoms with Gasteiger partial charge < -0.3 is 15.8 Å². The molecule has 1 aliphatic carbocycles. The number of ether oxygens (including phenoxy) is 1. The van der Waals surface area contributed by atoms with Crippen LogP contribution in [0.2, 0.25) is 0 Å². The lowest BCUT2D eigenvalue weighted by atomic mass is 9.91. The van der Waals surface area contributed by atoms with Crippen molar-refractivity contribution in [2.75, 3.05) is 0 Å². The Morgan fingerprint density at radius 2 is 1.76 bits per heavy atom. The molecule has 0 heterocycles. The number of benzene rings is 2. The third kappa shape index (κ3) is 5.76. The predicted molar refractivity (Wildman–Crippen MR) is 102 cm³/mol. The molecular weight excluding hydrogens is 336 g/mol. The van der Waals surface area contributed by atoms with Gasteiger partial charge in [-0.2, -0.15) is 0 Å². The fourth-order valence-electron chi connectivity index (χ4n) is 3.00. The molecule has 134 valence electrons. The van der Waals surface area contributed by atoms with E-state index in [-0.39, 0.29) is 30.4 Å². The van der Waals surface area contributed by atoms with Crippen molar-refractivity contribution in [1.82, 2.24) is 5.32 Å². The largest absolute Gasteiger partial charge is 0.489 e. The molecule has 2 aromatic carbocycles. The number of halogens is 1. The monoisotopic (exact) mass is 360 g/mol. The summed E-state index contributed by atoms with van der Waals surface area (Å²) in [5.74, 6) is 0.665. The van der Waals surface area contributed by atoms with E-state index < -0.39 is 0 Å². The SMILES string of the molecule is Cl.NC1CCC(NC(=O)c2cccc(OCc3ccccc3)c2)CC1. The molecule has 0 unspecified atom stereocenters. The van der Waals surface area contributed by atoms with Gasteiger partial charge in [0, 0.05) is 17.6 Å². The van der Waals surface area contributed by atoms with Gasteiger partial charge >= 0.3 is 0 Å². The van der Waals surface area contributed by atoms with Crippen LogP contribution in [0.25, 0.3) is 0 Å². The maximum Gasteiger partial charge on any atom is 0.251 e. The number of amides is 1. The topological polar surface area (TPSA) is 64.3 Å². The molecule has 0 atom stereocenters. The summed E-state index contributed by atoms with van der Waals surface area (Å²) in [6.45, 7) is 0.492. The normalized spacial score (nSPS) is 19.6. The van der Waals surface area contributed by atoms with Gasteiger partial charge in [-0.15, -0.1) is 12.4 Å². The first-order valence-electron chi connectivity index (χ1n) is 8.54. The number of nitrogens with two attached hydrogens (primary N) is 1. The number of carbonyl (C=O) groups is 1. The van der Waals surface area contributed by atoms with Crippen LogP contribution in [0, 0.1) is 0 Å². The van der Waals surface area contributed by atoms with Gasteiger partial charge in [0.25, 0.3) is 5.91 Å². The zero-order chi connectivity index (χ0) is 16.8. The Hall–Kier alpha value is -2.04. The highest BCUT2D eigenvalue weighted by molar-refractivity contribution is 5.94. The van der Waals surface area contributed by atoms with Gasteiger partial charge in [0.05, 0.1) is 0 Å². The van der Waals surface area contributed by atoms with Gasteiger partial charge in [-0.25, -0.2) is 0 Å². The molecule has 1 amide bonds. The lowest BCUT2D eigenvalue weighted by Crippen LogP contribution is -2.40. The lowest BCUT2D eigenvalue weighted by Gasteiger charge is -2.26. The molecule has 25 heavy (non-hydrogen) atoms. The van der Waals surface area contributed by atoms with Crippen LogP contribution in [0.5, 0.6) is 5.75 Å². The van der Waals surface area contributed by atoms with E-state index in [1.165, 1.54) is 0 Å². The molecule has 0 saturated heterocycles. The Labute approximate surface area is 155 Å². The maximum absolute atomic E-state index is 12.4. The molecule has 5 heteroatoms. The van der Waals surface area contributed by atoms with Gasteiger partial charge in [-0.3, -0.25) is 4.79 Å². The van der Waals surface area contributed by atoms with Crippen molar-refractivity contribution in [3.8, 4) is 5.75 Å². The summed E-state index contributed by atoms with van der Waals surface area (Å²) in [5, 5.41) is 3.11. The Bertz CT molecular complexity index is 670. The Balaban J connectivity index is 0.00000225. The highest BCUT2D eigenvalue weighted by Gasteiger charge is 2.20. The molecule has 1 saturated carbocycles. The van der Waals surface area contributed by atoms with E-state index in [2.05, 4.69) is 5.32 Å². The second-order valence-electron chi connectivity index (χ2n) is 6.39. The molecule has 1 aliphatic rings. The van der Waals surface area contributed by atoms with Crippen LogP contribution in [0.3, 0.4) is 0 Å². The third-order valence-corrected chi connectivity index (χ3v) is 4.45. The zero-order valence-electron chi connectivity index (χ0n) is 14.2. The summed E-state index contributed by atoms with van der Waals surface area (Å²) in [5.41, 5.74) is 7.65. The van der Waals surface area contributed by atoms with Crippen molar-refractivity contribution in [2.24, 2.45) is 5.73 Å². The second kappa shape index (κ2) is 9.44. The van der Waals surface area contributed by atoms with Gasteiger partial charge in [-0.1, -0.05) is 36.4 Å². The maximum atomic E-state index is 12.4. The fourth-order valence-corrected chi connectivity index (χ4v) is 3.00. The summed E-state index contributed by atoms with van der Waals surface area (Å²) in [6, 6.07) is 17.8. The summed E-state index contributed by atoms with van der Waals surface area (Å²) < 4.78 is 5.79. The summed E-state index contributed by atoms with van der Waals surface area (Å²) in [6.07, 6.45) is 3.87. The zero-order valence-corrected chi connectivity index (χ0v) is 15.0. The average Bonchev–Trinajstić information content (AvgIpc) is 2.63. The van der Waals surface area contributed by atoms with Crippen molar-refractivity contribution in [3.05, 3.63) is 65.7 Å². The molecule has 0 spiro atoms. The van der Waals surface area contributed by atoms with Crippen molar-refractivity contribution in [2.45, 2.75) is 44.4 Å². The molecule has 3 N–H and O–H groups in total. The highest BCUT2D eigenvalue weighted by atomic mass is 35.5. The van der Waals surface area contributed by atoms with Crippen molar-refractivity contribution < 1.29 is 9.53 Å². The van der Waals surface area contributed by atoms with Gasteiger partial charge in [-0.05, 0) is 49.4 Å². The van der Waals surface area contributed by atoms with Crippen LogP contribution < -0.4 is 15.8 Å². The van der Waals surface area contributed by atoms with Crippen molar-refractivity contribution in [1.29, 1.82) is 0 Å². The van der Waals surface area contributed by atoms with Crippen LogP contribution in [0.4, 0.5) is 0 Å². The van der Waals surface area contributed by atoms with Crippen LogP contribution in [-0.4, -0.2) is 18.0 Å². The van der Waals surface area contributed by atoms with Gasteiger partial charge in [0.15, 0.2) is 0 Å². The van der Waals surface area contributed by atoms with E-state index in [4.69, 9.17) is 10.5 Å². The Kier molecular flexibility index (Phi) is 7.29. The summed E-state index contributed by atoms with van der Waals surface area (Å²) in [4.78, 5) is 12.4. The molecule has 1 fully saturated rings. The standard InChI is InChI=1S/C20H24N2O2.ClH/c21-17-9-11-18(12-10-17)22-20(23)16-7-4-8-19(13-16)24-14-15-5-2-1-3-6-15;/h1-8,13,17-18H,9-12,14,21H2,(H,22,23);1H. The first-order chi connectivity index (χ1) is 11.7. The lowest BCUT2D eigenvalue weighted by molar-refractivity contribution is 0.0925. The second-order valence-corrected chi connectivity index (χ2v) is 6.39. The first kappa shape index (κ1) is 19.3. The Morgan fingerprint density at radius 1 is 1.04 bits per heavy atom. The number of carbonyl (C=O) groups excluding carboxylic acids is 1. The van der Waals surface area contributed by atoms with E-state index in [1.807, 2.05) is 48.5 Å². The molecule has 2 aromatic rings. The van der Waals surface area contributed by atoms with E-state index in [1.54, 1.807) is 6.07 Å². The predicted octanol–water partition coefficient (Wildman–Crippen LogP) is 3.69. The highest BCUT2D eigenvalue weighted by Crippen LogP contribution is 2.19. The van der Waals surface area contributed by atoms with E-state index in [0.29, 0.717) is 17.9 Å². The quantitative estimate of drug-likeness (QED) is 0.854. The molecular formula is C20H25ClN2O2. The van der Waals surface area contributed by atoms with Crippen LogP contribution in [0.1, 0.15) is 41.6 Å². The van der Waals surface area contributed by atoms with Crippen molar-refractivity contribution >= 4 is 18.3 Å². The number of nitrogens with one attached hydrogen (secondary N) is 1. The minimum Gasteiger partial charge on any atom is -0.489 e. The van der Waals surface area contributed by atoms with Crippen LogP contribution in [-0.2, 0) is 6.61 Å². The summed E-state index contributed by atoms with van der Waals surface area (Å²) in [7, 11) is 0. The number of rotatable bonds is 5. The van der Waals surface area contributed by atoms with Crippen LogP contribution >= 0.6 is 12.4 Å². The molecule has 4 nitrogen and oxygen atoms in total. The van der Waals surface area contributed by atoms with Gasteiger partial charge in [0.2, 0.25) is 0 Å². The number of hydrogen-bond acceptors (Lipinski definition) is 3. The molecule has 3 rings (SSSR count). The average molecular weight is 361 g/mol. The first-order valence-corrected chi connectivity index (χ1v) is 8.54. The van der Waals surface area contributed by atoms with Gasteiger partial charge in [0.1, 0.15) is 12.4 Å². The van der Waals surface area contributed by atoms with Crippen LogP contribution in [0.15, 0.2) is 54.6 Å². The van der Waals surface area contributed by atoms with E-state index >= 15 is 0 Å². The fraction of sp³-hybridized carbons (Fsp3) is 0.350. The summed E-state index contributed by atoms with van der Waals surface area (Å²) >= 11 is 0. The molecule has 0 aromatic heterocycles. The van der Waals surface area contributed by atoms with E-state index in [9.17, 15) is 4.79 Å². The number of hydrogen-bond donors (Lipinski definition) is 2. The minimum atomic E-state index is -0.0411. The smallest absolute Gasteiger partial charge is 0.251 e.